The summed E-state index contributed by atoms with van der Waals surface area (Å²) in [6.07, 6.45) is 1.75. The zero-order chi connectivity index (χ0) is 10.7. The number of hydrogen-bond donors (Lipinski definition) is 1. The molecule has 1 aromatic heterocycles. The fourth-order valence-electron chi connectivity index (χ4n) is 1.33. The highest BCUT2D eigenvalue weighted by molar-refractivity contribution is 7.79. The van der Waals surface area contributed by atoms with E-state index in [4.69, 9.17) is 12.2 Å². The Kier molecular flexibility index (Phi) is 2.78. The van der Waals surface area contributed by atoms with Crippen LogP contribution >= 0.6 is 12.2 Å². The first kappa shape index (κ1) is 9.86. The second kappa shape index (κ2) is 4.23. The number of nitrogens with one attached hydrogen (secondary N) is 1. The number of rotatable bonds is 3. The maximum Gasteiger partial charge on any atom is 0.125 e. The van der Waals surface area contributed by atoms with Crippen LogP contribution in [-0.2, 0) is 0 Å². The molecule has 0 aliphatic heterocycles. The summed E-state index contributed by atoms with van der Waals surface area (Å²) in [6.45, 7) is 1.93. The molecule has 0 aliphatic rings. The van der Waals surface area contributed by atoms with Crippen LogP contribution in [0.5, 0.6) is 0 Å². The minimum absolute atomic E-state index is 0.881. The number of para-hydroxylation sites is 1. The number of aromatic nitrogens is 2. The maximum atomic E-state index is 4.91. The zero-order valence-corrected chi connectivity index (χ0v) is 9.16. The highest BCUT2D eigenvalue weighted by Gasteiger charge is 2.03. The molecule has 0 saturated heterocycles. The summed E-state index contributed by atoms with van der Waals surface area (Å²) in [4.78, 5) is 4.19. The Morgan fingerprint density at radius 1 is 1.33 bits per heavy atom. The minimum atomic E-state index is 0.881. The summed E-state index contributed by atoms with van der Waals surface area (Å²) in [5, 5.41) is 1.61. The van der Waals surface area contributed by atoms with Gasteiger partial charge in [-0.25, -0.2) is 9.66 Å². The van der Waals surface area contributed by atoms with Crippen LogP contribution in [0.25, 0.3) is 0 Å². The highest BCUT2D eigenvalue weighted by Crippen LogP contribution is 2.08. The summed E-state index contributed by atoms with van der Waals surface area (Å²) in [5.74, 6) is 0.884. The summed E-state index contributed by atoms with van der Waals surface area (Å²) < 4.78 is 1.86. The number of aryl methyl sites for hydroxylation is 1. The molecule has 0 fully saturated rings. The standard InChI is InChI=1S/C11H11N3S/c1-9-12-7-11(8-15)14(9)13-10-5-3-2-4-6-10/h2-8,13H,1H3. The molecule has 0 atom stereocenters. The molecule has 2 rings (SSSR count). The second-order valence-electron chi connectivity index (χ2n) is 3.16. The van der Waals surface area contributed by atoms with E-state index in [-0.39, 0.29) is 0 Å². The van der Waals surface area contributed by atoms with Crippen molar-refractivity contribution >= 4 is 23.3 Å². The van der Waals surface area contributed by atoms with E-state index in [0.717, 1.165) is 17.2 Å². The Hall–Kier alpha value is -1.68. The van der Waals surface area contributed by atoms with Crippen molar-refractivity contribution in [3.05, 3.63) is 48.0 Å². The van der Waals surface area contributed by atoms with Crippen molar-refractivity contribution in [1.29, 1.82) is 0 Å². The molecule has 76 valence electrons. The molecular formula is C11H11N3S. The molecule has 4 heteroatoms. The molecule has 0 radical (unpaired) electrons. The van der Waals surface area contributed by atoms with E-state index in [1.54, 1.807) is 11.6 Å². The van der Waals surface area contributed by atoms with Crippen LogP contribution in [-0.4, -0.2) is 15.0 Å². The van der Waals surface area contributed by atoms with Gasteiger partial charge in [0.25, 0.3) is 0 Å². The second-order valence-corrected chi connectivity index (χ2v) is 3.40. The molecule has 0 bridgehead atoms. The number of benzene rings is 1. The van der Waals surface area contributed by atoms with Crippen molar-refractivity contribution in [2.75, 3.05) is 5.43 Å². The molecule has 0 aliphatic carbocycles. The number of hydrogen-bond acceptors (Lipinski definition) is 3. The van der Waals surface area contributed by atoms with Gasteiger partial charge in [0.1, 0.15) is 5.82 Å². The van der Waals surface area contributed by atoms with Gasteiger partial charge in [0.05, 0.1) is 17.6 Å². The van der Waals surface area contributed by atoms with Crippen LogP contribution < -0.4 is 5.43 Å². The van der Waals surface area contributed by atoms with Gasteiger partial charge in [-0.3, -0.25) is 5.43 Å². The Bertz CT molecular complexity index is 462. The summed E-state index contributed by atoms with van der Waals surface area (Å²) in [6, 6.07) is 9.92. The summed E-state index contributed by atoms with van der Waals surface area (Å²) in [7, 11) is 0. The number of thiocarbonyl (C=S) groups is 1. The topological polar surface area (TPSA) is 29.9 Å². The van der Waals surface area contributed by atoms with E-state index >= 15 is 0 Å². The maximum absolute atomic E-state index is 4.91. The van der Waals surface area contributed by atoms with E-state index in [1.165, 1.54) is 0 Å². The van der Waals surface area contributed by atoms with Crippen LogP contribution in [0.1, 0.15) is 11.5 Å². The first-order valence-electron chi connectivity index (χ1n) is 4.63. The molecule has 3 nitrogen and oxygen atoms in total. The summed E-state index contributed by atoms with van der Waals surface area (Å²) >= 11 is 4.91. The SMILES string of the molecule is Cc1ncc(C=S)n1Nc1ccccc1. The quantitative estimate of drug-likeness (QED) is 0.801. The fraction of sp³-hybridized carbons (Fsp3) is 0.0909. The molecule has 0 saturated carbocycles. The Balaban J connectivity index is 2.31. The van der Waals surface area contributed by atoms with Gasteiger partial charge in [-0.15, -0.1) is 0 Å². The number of imidazole rings is 1. The predicted molar refractivity (Wildman–Crippen MR) is 65.2 cm³/mol. The lowest BCUT2D eigenvalue weighted by Crippen LogP contribution is -2.13. The predicted octanol–water partition coefficient (Wildman–Crippen LogP) is 2.41. The third-order valence-electron chi connectivity index (χ3n) is 2.10. The Morgan fingerprint density at radius 3 is 2.73 bits per heavy atom. The molecular weight excluding hydrogens is 206 g/mol. The molecule has 1 heterocycles. The first-order valence-corrected chi connectivity index (χ1v) is 5.10. The van der Waals surface area contributed by atoms with Crippen molar-refractivity contribution in [3.63, 3.8) is 0 Å². The van der Waals surface area contributed by atoms with Crippen molar-refractivity contribution in [2.45, 2.75) is 6.92 Å². The van der Waals surface area contributed by atoms with Crippen molar-refractivity contribution in [2.24, 2.45) is 0 Å². The van der Waals surface area contributed by atoms with Gasteiger partial charge >= 0.3 is 0 Å². The van der Waals surface area contributed by atoms with Crippen LogP contribution in [0, 0.1) is 6.92 Å². The number of nitrogens with zero attached hydrogens (tertiary/aromatic N) is 2. The van der Waals surface area contributed by atoms with Crippen LogP contribution in [0.4, 0.5) is 5.69 Å². The first-order chi connectivity index (χ1) is 7.31. The monoisotopic (exact) mass is 217 g/mol. The molecule has 2 aromatic rings. The Morgan fingerprint density at radius 2 is 2.07 bits per heavy atom. The van der Waals surface area contributed by atoms with Gasteiger partial charge in [-0.1, -0.05) is 30.4 Å². The largest absolute Gasteiger partial charge is 0.293 e. The normalized spacial score (nSPS) is 9.93. The van der Waals surface area contributed by atoms with E-state index in [1.807, 2.05) is 41.9 Å². The molecule has 0 spiro atoms. The highest BCUT2D eigenvalue weighted by atomic mass is 32.1. The zero-order valence-electron chi connectivity index (χ0n) is 8.34. The third-order valence-corrected chi connectivity index (χ3v) is 2.34. The fourth-order valence-corrected chi connectivity index (χ4v) is 1.50. The molecule has 1 aromatic carbocycles. The lowest BCUT2D eigenvalue weighted by atomic mass is 10.3. The third kappa shape index (κ3) is 2.05. The molecule has 0 amide bonds. The molecule has 1 N–H and O–H groups in total. The average Bonchev–Trinajstić information content (AvgIpc) is 2.62. The lowest BCUT2D eigenvalue weighted by Gasteiger charge is -2.10. The van der Waals surface area contributed by atoms with Crippen molar-refractivity contribution < 1.29 is 0 Å². The van der Waals surface area contributed by atoms with Gasteiger partial charge < -0.3 is 0 Å². The van der Waals surface area contributed by atoms with Gasteiger partial charge in [-0.2, -0.15) is 0 Å². The van der Waals surface area contributed by atoms with Crippen molar-refractivity contribution in [1.82, 2.24) is 9.66 Å². The number of anilines is 1. The average molecular weight is 217 g/mol. The summed E-state index contributed by atoms with van der Waals surface area (Å²) in [5.41, 5.74) is 5.12. The van der Waals surface area contributed by atoms with E-state index in [9.17, 15) is 0 Å². The Labute approximate surface area is 93.7 Å². The lowest BCUT2D eigenvalue weighted by molar-refractivity contribution is 0.890. The molecule has 0 unspecified atom stereocenters. The van der Waals surface area contributed by atoms with E-state index in [2.05, 4.69) is 10.4 Å². The minimum Gasteiger partial charge on any atom is -0.293 e. The van der Waals surface area contributed by atoms with Crippen LogP contribution in [0.15, 0.2) is 36.5 Å². The van der Waals surface area contributed by atoms with E-state index < -0.39 is 0 Å². The smallest absolute Gasteiger partial charge is 0.125 e. The van der Waals surface area contributed by atoms with Gasteiger partial charge in [0, 0.05) is 5.37 Å². The van der Waals surface area contributed by atoms with Crippen LogP contribution in [0.3, 0.4) is 0 Å². The van der Waals surface area contributed by atoms with Gasteiger partial charge in [-0.05, 0) is 19.1 Å². The van der Waals surface area contributed by atoms with Crippen LogP contribution in [0.2, 0.25) is 0 Å². The van der Waals surface area contributed by atoms with Gasteiger partial charge in [0.15, 0.2) is 0 Å². The van der Waals surface area contributed by atoms with Crippen molar-refractivity contribution in [3.8, 4) is 0 Å². The van der Waals surface area contributed by atoms with E-state index in [0.29, 0.717) is 0 Å². The molecule has 15 heavy (non-hydrogen) atoms. The van der Waals surface area contributed by atoms with Gasteiger partial charge in [0.2, 0.25) is 0 Å².